The van der Waals surface area contributed by atoms with Gasteiger partial charge in [0.25, 0.3) is 5.91 Å². The first kappa shape index (κ1) is 11.6. The number of imide groups is 1. The van der Waals surface area contributed by atoms with Crippen molar-refractivity contribution in [3.05, 3.63) is 16.1 Å². The van der Waals surface area contributed by atoms with Crippen molar-refractivity contribution in [1.82, 2.24) is 20.5 Å². The van der Waals surface area contributed by atoms with E-state index in [1.807, 2.05) is 12.3 Å². The first-order chi connectivity index (χ1) is 8.61. The number of carbonyl (C=O) groups is 2. The molecule has 3 amide bonds. The fourth-order valence-corrected chi connectivity index (χ4v) is 3.17. The van der Waals surface area contributed by atoms with Gasteiger partial charge in [0.2, 0.25) is 0 Å². The molecule has 1 aromatic rings. The summed E-state index contributed by atoms with van der Waals surface area (Å²) in [5.74, 6) is -0.134. The molecule has 6 nitrogen and oxygen atoms in total. The van der Waals surface area contributed by atoms with Gasteiger partial charge in [-0.1, -0.05) is 0 Å². The van der Waals surface area contributed by atoms with Crippen LogP contribution in [0.3, 0.4) is 0 Å². The zero-order valence-electron chi connectivity index (χ0n) is 10.0. The second-order valence-corrected chi connectivity index (χ2v) is 5.66. The van der Waals surface area contributed by atoms with Gasteiger partial charge in [-0.25, -0.2) is 9.78 Å². The quantitative estimate of drug-likeness (QED) is 0.752. The van der Waals surface area contributed by atoms with Gasteiger partial charge in [0.05, 0.1) is 6.54 Å². The molecule has 18 heavy (non-hydrogen) atoms. The van der Waals surface area contributed by atoms with Crippen LogP contribution < -0.4 is 10.6 Å². The molecule has 0 aromatic carbocycles. The van der Waals surface area contributed by atoms with Crippen LogP contribution in [-0.2, 0) is 11.3 Å². The lowest BCUT2D eigenvalue weighted by Gasteiger charge is -2.18. The first-order valence-corrected chi connectivity index (χ1v) is 6.74. The fourth-order valence-electron chi connectivity index (χ4n) is 2.41. The average molecular weight is 266 g/mol. The normalized spacial score (nSPS) is 27.3. The third kappa shape index (κ3) is 1.70. The Morgan fingerprint density at radius 1 is 1.56 bits per heavy atom. The van der Waals surface area contributed by atoms with E-state index in [0.717, 1.165) is 17.2 Å². The molecule has 0 saturated carbocycles. The Morgan fingerprint density at radius 3 is 3.00 bits per heavy atom. The van der Waals surface area contributed by atoms with Crippen LogP contribution in [0.1, 0.15) is 17.1 Å². The van der Waals surface area contributed by atoms with Crippen molar-refractivity contribution >= 4 is 23.3 Å². The minimum Gasteiger partial charge on any atom is -0.322 e. The molecule has 2 N–H and O–H groups in total. The molecule has 7 heteroatoms. The number of thiazole rings is 1. The number of rotatable bonds is 2. The van der Waals surface area contributed by atoms with Crippen molar-refractivity contribution < 1.29 is 9.59 Å². The number of urea groups is 1. The number of hydrogen-bond acceptors (Lipinski definition) is 5. The van der Waals surface area contributed by atoms with Crippen molar-refractivity contribution in [2.75, 3.05) is 13.1 Å². The summed E-state index contributed by atoms with van der Waals surface area (Å²) in [6.45, 7) is 3.44. The molecular formula is C11H14N4O2S. The molecule has 1 atom stereocenters. The third-order valence-corrected chi connectivity index (χ3v) is 4.31. The molecule has 1 spiro atoms. The molecule has 2 saturated heterocycles. The highest BCUT2D eigenvalue weighted by Gasteiger charge is 2.52. The van der Waals surface area contributed by atoms with Crippen LogP contribution in [0, 0.1) is 6.92 Å². The van der Waals surface area contributed by atoms with Gasteiger partial charge in [-0.2, -0.15) is 0 Å². The molecule has 3 rings (SSSR count). The third-order valence-electron chi connectivity index (χ3n) is 3.36. The summed E-state index contributed by atoms with van der Waals surface area (Å²) >= 11 is 1.47. The van der Waals surface area contributed by atoms with Crippen LogP contribution in [0.5, 0.6) is 0 Å². The van der Waals surface area contributed by atoms with E-state index in [1.165, 1.54) is 16.2 Å². The van der Waals surface area contributed by atoms with E-state index in [2.05, 4.69) is 15.6 Å². The molecule has 2 fully saturated rings. The first-order valence-electron chi connectivity index (χ1n) is 5.87. The predicted molar refractivity (Wildman–Crippen MR) is 66.2 cm³/mol. The van der Waals surface area contributed by atoms with Crippen molar-refractivity contribution in [3.8, 4) is 0 Å². The lowest BCUT2D eigenvalue weighted by atomic mass is 9.99. The Balaban J connectivity index is 1.80. The second-order valence-electron chi connectivity index (χ2n) is 4.71. The topological polar surface area (TPSA) is 74.3 Å². The maximum atomic E-state index is 12.3. The molecule has 0 aliphatic carbocycles. The smallest absolute Gasteiger partial charge is 0.322 e. The molecule has 1 aromatic heterocycles. The minimum atomic E-state index is -0.719. The Hall–Kier alpha value is -1.47. The van der Waals surface area contributed by atoms with E-state index in [9.17, 15) is 9.59 Å². The lowest BCUT2D eigenvalue weighted by Crippen LogP contribution is -2.48. The number of nitrogens with one attached hydrogen (secondary N) is 2. The Bertz CT molecular complexity index is 507. The summed E-state index contributed by atoms with van der Waals surface area (Å²) in [7, 11) is 0. The summed E-state index contributed by atoms with van der Waals surface area (Å²) in [6, 6.07) is -0.309. The fraction of sp³-hybridized carbons (Fsp3) is 0.545. The Kier molecular flexibility index (Phi) is 2.60. The van der Waals surface area contributed by atoms with Gasteiger partial charge in [-0.3, -0.25) is 9.69 Å². The maximum Gasteiger partial charge on any atom is 0.325 e. The van der Waals surface area contributed by atoms with E-state index in [-0.39, 0.29) is 18.5 Å². The van der Waals surface area contributed by atoms with Gasteiger partial charge in [0, 0.05) is 17.6 Å². The number of hydrogen-bond donors (Lipinski definition) is 2. The van der Waals surface area contributed by atoms with Gasteiger partial charge >= 0.3 is 6.03 Å². The van der Waals surface area contributed by atoms with Gasteiger partial charge in [0.15, 0.2) is 0 Å². The molecule has 96 valence electrons. The van der Waals surface area contributed by atoms with Crippen LogP contribution in [0.15, 0.2) is 5.38 Å². The summed E-state index contributed by atoms with van der Waals surface area (Å²) in [5, 5.41) is 8.64. The minimum absolute atomic E-state index is 0.134. The highest BCUT2D eigenvalue weighted by Crippen LogP contribution is 2.26. The van der Waals surface area contributed by atoms with E-state index in [0.29, 0.717) is 13.0 Å². The lowest BCUT2D eigenvalue weighted by molar-refractivity contribution is -0.131. The van der Waals surface area contributed by atoms with Crippen molar-refractivity contribution in [2.45, 2.75) is 25.4 Å². The van der Waals surface area contributed by atoms with Crippen molar-refractivity contribution in [1.29, 1.82) is 0 Å². The second kappa shape index (κ2) is 4.03. The molecule has 3 heterocycles. The number of aryl methyl sites for hydroxylation is 1. The van der Waals surface area contributed by atoms with E-state index < -0.39 is 5.54 Å². The molecule has 2 aliphatic heterocycles. The number of carbonyl (C=O) groups excluding carboxylic acids is 2. The van der Waals surface area contributed by atoms with E-state index in [1.54, 1.807) is 0 Å². The largest absolute Gasteiger partial charge is 0.325 e. The van der Waals surface area contributed by atoms with Crippen LogP contribution >= 0.6 is 11.3 Å². The molecule has 0 bridgehead atoms. The van der Waals surface area contributed by atoms with Crippen LogP contribution in [0.25, 0.3) is 0 Å². The Morgan fingerprint density at radius 2 is 2.39 bits per heavy atom. The van der Waals surface area contributed by atoms with Crippen LogP contribution in [-0.4, -0.2) is 40.5 Å². The number of nitrogens with zero attached hydrogens (tertiary/aromatic N) is 2. The van der Waals surface area contributed by atoms with Crippen LogP contribution in [0.2, 0.25) is 0 Å². The standard InChI is InChI=1S/C11H14N4O2S/c1-7-5-18-8(13-7)4-15-9(16)11(14-10(15)17)2-3-12-6-11/h5,12H,2-4,6H2,1H3,(H,14,17). The van der Waals surface area contributed by atoms with Gasteiger partial charge in [-0.05, 0) is 19.9 Å². The Labute approximate surface area is 108 Å². The highest BCUT2D eigenvalue weighted by molar-refractivity contribution is 7.09. The highest BCUT2D eigenvalue weighted by atomic mass is 32.1. The average Bonchev–Trinajstić information content (AvgIpc) is 2.99. The van der Waals surface area contributed by atoms with Gasteiger partial charge < -0.3 is 10.6 Å². The van der Waals surface area contributed by atoms with E-state index >= 15 is 0 Å². The molecule has 0 radical (unpaired) electrons. The predicted octanol–water partition coefficient (Wildman–Crippen LogP) is 0.235. The van der Waals surface area contributed by atoms with Gasteiger partial charge in [-0.15, -0.1) is 11.3 Å². The zero-order chi connectivity index (χ0) is 12.8. The van der Waals surface area contributed by atoms with Crippen molar-refractivity contribution in [3.63, 3.8) is 0 Å². The van der Waals surface area contributed by atoms with Crippen molar-refractivity contribution in [2.24, 2.45) is 0 Å². The zero-order valence-corrected chi connectivity index (χ0v) is 10.8. The SMILES string of the molecule is Cc1csc(CN2C(=O)NC3(CCNC3)C2=O)n1. The molecule has 2 aliphatic rings. The summed E-state index contributed by atoms with van der Waals surface area (Å²) < 4.78 is 0. The summed E-state index contributed by atoms with van der Waals surface area (Å²) in [5.41, 5.74) is 0.197. The molecular weight excluding hydrogens is 252 g/mol. The number of amides is 3. The van der Waals surface area contributed by atoms with Gasteiger partial charge in [0.1, 0.15) is 10.5 Å². The van der Waals surface area contributed by atoms with E-state index in [4.69, 9.17) is 0 Å². The summed E-state index contributed by atoms with van der Waals surface area (Å²) in [4.78, 5) is 29.8. The molecule has 1 unspecified atom stereocenters. The maximum absolute atomic E-state index is 12.3. The summed E-state index contributed by atoms with van der Waals surface area (Å²) in [6.07, 6.45) is 0.658. The van der Waals surface area contributed by atoms with Crippen LogP contribution in [0.4, 0.5) is 4.79 Å². The monoisotopic (exact) mass is 266 g/mol. The number of aromatic nitrogens is 1.